The number of hydrogen-bond donors (Lipinski definition) is 0. The van der Waals surface area contributed by atoms with E-state index in [9.17, 15) is 13.2 Å². The van der Waals surface area contributed by atoms with Gasteiger partial charge in [0.15, 0.2) is 11.5 Å². The van der Waals surface area contributed by atoms with Crippen LogP contribution in [0.3, 0.4) is 0 Å². The van der Waals surface area contributed by atoms with Gasteiger partial charge in [0.2, 0.25) is 15.9 Å². The molecule has 25 heavy (non-hydrogen) atoms. The Kier molecular flexibility index (Phi) is 7.07. The summed E-state index contributed by atoms with van der Waals surface area (Å²) < 4.78 is 35.6. The monoisotopic (exact) mass is 370 g/mol. The highest BCUT2D eigenvalue weighted by atomic mass is 32.2. The van der Waals surface area contributed by atoms with Crippen LogP contribution in [0.1, 0.15) is 19.8 Å². The zero-order valence-electron chi connectivity index (χ0n) is 14.8. The van der Waals surface area contributed by atoms with Gasteiger partial charge in [0, 0.05) is 32.6 Å². The molecule has 1 saturated heterocycles. The SMILES string of the molecule is CCOc1ccccc1OCCCC(=O)N1CCN(S(C)(=O)=O)CC1. The molecule has 0 aromatic heterocycles. The smallest absolute Gasteiger partial charge is 0.222 e. The van der Waals surface area contributed by atoms with Crippen LogP contribution < -0.4 is 9.47 Å². The van der Waals surface area contributed by atoms with Gasteiger partial charge in [0.25, 0.3) is 0 Å². The second kappa shape index (κ2) is 9.05. The van der Waals surface area contributed by atoms with Crippen LogP contribution in [-0.2, 0) is 14.8 Å². The molecule has 7 nitrogen and oxygen atoms in total. The molecule has 0 atom stereocenters. The van der Waals surface area contributed by atoms with Crippen LogP contribution in [0.4, 0.5) is 0 Å². The second-order valence-electron chi connectivity index (χ2n) is 5.87. The van der Waals surface area contributed by atoms with Gasteiger partial charge in [-0.05, 0) is 25.5 Å². The largest absolute Gasteiger partial charge is 0.490 e. The highest BCUT2D eigenvalue weighted by molar-refractivity contribution is 7.88. The van der Waals surface area contributed by atoms with Gasteiger partial charge in [-0.2, -0.15) is 4.31 Å². The molecule has 0 radical (unpaired) electrons. The summed E-state index contributed by atoms with van der Waals surface area (Å²) in [7, 11) is -3.17. The Morgan fingerprint density at radius 3 is 2.24 bits per heavy atom. The molecule has 0 bridgehead atoms. The minimum absolute atomic E-state index is 0.0369. The summed E-state index contributed by atoms with van der Waals surface area (Å²) >= 11 is 0. The normalized spacial score (nSPS) is 15.8. The third kappa shape index (κ3) is 5.89. The average Bonchev–Trinajstić information content (AvgIpc) is 2.59. The summed E-state index contributed by atoms with van der Waals surface area (Å²) in [6.07, 6.45) is 2.18. The number of piperazine rings is 1. The topological polar surface area (TPSA) is 76.2 Å². The van der Waals surface area contributed by atoms with E-state index in [1.54, 1.807) is 4.90 Å². The lowest BCUT2D eigenvalue weighted by atomic mass is 10.2. The first-order chi connectivity index (χ1) is 11.9. The Morgan fingerprint density at radius 1 is 1.08 bits per heavy atom. The van der Waals surface area contributed by atoms with Crippen molar-refractivity contribution in [1.82, 2.24) is 9.21 Å². The number of para-hydroxylation sites is 2. The van der Waals surface area contributed by atoms with Crippen molar-refractivity contribution in [3.8, 4) is 11.5 Å². The maximum Gasteiger partial charge on any atom is 0.222 e. The lowest BCUT2D eigenvalue weighted by Crippen LogP contribution is -2.50. The number of amides is 1. The van der Waals surface area contributed by atoms with Gasteiger partial charge in [-0.25, -0.2) is 8.42 Å². The number of sulfonamides is 1. The number of hydrogen-bond acceptors (Lipinski definition) is 5. The predicted molar refractivity (Wildman–Crippen MR) is 95.3 cm³/mol. The summed E-state index contributed by atoms with van der Waals surface area (Å²) in [5.74, 6) is 1.42. The number of benzene rings is 1. The Hall–Kier alpha value is -1.80. The third-order valence-corrected chi connectivity index (χ3v) is 5.31. The molecule has 0 spiro atoms. The van der Waals surface area contributed by atoms with Gasteiger partial charge in [0.1, 0.15) is 0 Å². The molecule has 140 valence electrons. The summed E-state index contributed by atoms with van der Waals surface area (Å²) in [6.45, 7) is 4.53. The molecule has 1 fully saturated rings. The molecule has 1 aromatic carbocycles. The molecular formula is C17H26N2O5S. The molecule has 8 heteroatoms. The first kappa shape index (κ1) is 19.5. The zero-order chi connectivity index (χ0) is 18.3. The first-order valence-corrected chi connectivity index (χ1v) is 10.3. The Balaban J connectivity index is 1.71. The van der Waals surface area contributed by atoms with Gasteiger partial charge in [-0.3, -0.25) is 4.79 Å². The van der Waals surface area contributed by atoms with Crippen LogP contribution in [0.25, 0.3) is 0 Å². The third-order valence-electron chi connectivity index (χ3n) is 4.00. The van der Waals surface area contributed by atoms with Gasteiger partial charge in [-0.1, -0.05) is 12.1 Å². The molecule has 1 aliphatic heterocycles. The van der Waals surface area contributed by atoms with Crippen molar-refractivity contribution in [3.05, 3.63) is 24.3 Å². The van der Waals surface area contributed by atoms with Crippen LogP contribution in [0.5, 0.6) is 11.5 Å². The molecule has 0 N–H and O–H groups in total. The van der Waals surface area contributed by atoms with E-state index in [-0.39, 0.29) is 5.91 Å². The molecule has 1 aromatic rings. The van der Waals surface area contributed by atoms with Gasteiger partial charge in [-0.15, -0.1) is 0 Å². The van der Waals surface area contributed by atoms with E-state index in [4.69, 9.17) is 9.47 Å². The fraction of sp³-hybridized carbons (Fsp3) is 0.588. The number of carbonyl (C=O) groups is 1. The summed E-state index contributed by atoms with van der Waals surface area (Å²) in [6, 6.07) is 7.46. The second-order valence-corrected chi connectivity index (χ2v) is 7.86. The van der Waals surface area contributed by atoms with Gasteiger partial charge in [0.05, 0.1) is 19.5 Å². The molecule has 0 saturated carbocycles. The average molecular weight is 370 g/mol. The Bertz CT molecular complexity index is 669. The quantitative estimate of drug-likeness (QED) is 0.646. The molecule has 1 heterocycles. The van der Waals surface area contributed by atoms with Crippen LogP contribution in [0.15, 0.2) is 24.3 Å². The lowest BCUT2D eigenvalue weighted by Gasteiger charge is -2.33. The highest BCUT2D eigenvalue weighted by Crippen LogP contribution is 2.26. The number of nitrogens with zero attached hydrogens (tertiary/aromatic N) is 2. The van der Waals surface area contributed by atoms with E-state index in [1.165, 1.54) is 10.6 Å². The van der Waals surface area contributed by atoms with Crippen LogP contribution >= 0.6 is 0 Å². The van der Waals surface area contributed by atoms with Crippen LogP contribution in [0, 0.1) is 0 Å². The van der Waals surface area contributed by atoms with E-state index >= 15 is 0 Å². The molecule has 1 amide bonds. The van der Waals surface area contributed by atoms with E-state index in [1.807, 2.05) is 31.2 Å². The van der Waals surface area contributed by atoms with Crippen molar-refractivity contribution in [3.63, 3.8) is 0 Å². The standard InChI is InChI=1S/C17H26N2O5S/c1-3-23-15-7-4-5-8-16(15)24-14-6-9-17(20)18-10-12-19(13-11-18)25(2,21)22/h4-5,7-8H,3,6,9-14H2,1-2H3. The predicted octanol–water partition coefficient (Wildman–Crippen LogP) is 1.35. The van der Waals surface area contributed by atoms with Crippen molar-refractivity contribution in [2.24, 2.45) is 0 Å². The van der Waals surface area contributed by atoms with E-state index in [0.717, 1.165) is 0 Å². The first-order valence-electron chi connectivity index (χ1n) is 8.49. The maximum absolute atomic E-state index is 12.2. The Morgan fingerprint density at radius 2 is 1.68 bits per heavy atom. The fourth-order valence-corrected chi connectivity index (χ4v) is 3.50. The summed E-state index contributed by atoms with van der Waals surface area (Å²) in [5, 5.41) is 0. The Labute approximate surface area is 149 Å². The lowest BCUT2D eigenvalue weighted by molar-refractivity contribution is -0.132. The van der Waals surface area contributed by atoms with Crippen LogP contribution in [0.2, 0.25) is 0 Å². The van der Waals surface area contributed by atoms with Crippen molar-refractivity contribution < 1.29 is 22.7 Å². The van der Waals surface area contributed by atoms with E-state index in [2.05, 4.69) is 0 Å². The van der Waals surface area contributed by atoms with Crippen molar-refractivity contribution in [1.29, 1.82) is 0 Å². The molecule has 0 aliphatic carbocycles. The van der Waals surface area contributed by atoms with Crippen molar-refractivity contribution in [2.45, 2.75) is 19.8 Å². The van der Waals surface area contributed by atoms with Crippen molar-refractivity contribution in [2.75, 3.05) is 45.6 Å². The summed E-state index contributed by atoms with van der Waals surface area (Å²) in [5.41, 5.74) is 0. The number of carbonyl (C=O) groups excluding carboxylic acids is 1. The van der Waals surface area contributed by atoms with Crippen molar-refractivity contribution >= 4 is 15.9 Å². The van der Waals surface area contributed by atoms with Gasteiger partial charge < -0.3 is 14.4 Å². The molecule has 1 aliphatic rings. The molecular weight excluding hydrogens is 344 g/mol. The van der Waals surface area contributed by atoms with Crippen LogP contribution in [-0.4, -0.2) is 69.2 Å². The van der Waals surface area contributed by atoms with E-state index < -0.39 is 10.0 Å². The zero-order valence-corrected chi connectivity index (χ0v) is 15.6. The van der Waals surface area contributed by atoms with E-state index in [0.29, 0.717) is 63.7 Å². The molecule has 0 unspecified atom stereocenters. The van der Waals surface area contributed by atoms with Gasteiger partial charge >= 0.3 is 0 Å². The minimum Gasteiger partial charge on any atom is -0.490 e. The highest BCUT2D eigenvalue weighted by Gasteiger charge is 2.25. The number of rotatable bonds is 8. The summed E-state index contributed by atoms with van der Waals surface area (Å²) in [4.78, 5) is 13.9. The molecule has 2 rings (SSSR count). The minimum atomic E-state index is -3.17. The fourth-order valence-electron chi connectivity index (χ4n) is 2.68. The number of ether oxygens (including phenoxy) is 2. The maximum atomic E-state index is 12.2.